The van der Waals surface area contributed by atoms with Crippen LogP contribution in [0.3, 0.4) is 0 Å². The van der Waals surface area contributed by atoms with Crippen LogP contribution in [-0.4, -0.2) is 49.0 Å². The maximum absolute atomic E-state index is 12.6. The van der Waals surface area contributed by atoms with E-state index in [0.29, 0.717) is 30.8 Å². The molecule has 0 spiro atoms. The van der Waals surface area contributed by atoms with E-state index in [1.54, 1.807) is 31.2 Å². The second kappa shape index (κ2) is 9.34. The number of benzene rings is 2. The summed E-state index contributed by atoms with van der Waals surface area (Å²) in [6.45, 7) is 2.59. The largest absolute Gasteiger partial charge is 0.468 e. The molecule has 7 heteroatoms. The van der Waals surface area contributed by atoms with Gasteiger partial charge >= 0.3 is 11.9 Å². The summed E-state index contributed by atoms with van der Waals surface area (Å²) in [5.41, 5.74) is 3.17. The number of rotatable bonds is 6. The molecule has 0 aliphatic carbocycles. The summed E-state index contributed by atoms with van der Waals surface area (Å²) in [7, 11) is 1.35. The third kappa shape index (κ3) is 5.00. The van der Waals surface area contributed by atoms with Crippen molar-refractivity contribution in [3.63, 3.8) is 0 Å². The third-order valence-electron chi connectivity index (χ3n) is 4.85. The number of methoxy groups -OCH3 is 1. The summed E-state index contributed by atoms with van der Waals surface area (Å²) < 4.78 is 9.88. The van der Waals surface area contributed by atoms with Crippen molar-refractivity contribution in [2.75, 3.05) is 25.6 Å². The summed E-state index contributed by atoms with van der Waals surface area (Å²) in [6, 6.07) is 13.9. The molecule has 0 radical (unpaired) electrons. The summed E-state index contributed by atoms with van der Waals surface area (Å²) in [4.78, 5) is 38.3. The molecule has 1 heterocycles. The molecule has 0 saturated heterocycles. The average Bonchev–Trinajstić information content (AvgIpc) is 2.73. The van der Waals surface area contributed by atoms with Crippen molar-refractivity contribution in [1.29, 1.82) is 0 Å². The highest BCUT2D eigenvalue weighted by Crippen LogP contribution is 2.24. The van der Waals surface area contributed by atoms with Crippen LogP contribution in [0.1, 0.15) is 28.4 Å². The number of fused-ring (bicyclic) bond motifs is 1. The summed E-state index contributed by atoms with van der Waals surface area (Å²) in [5, 5.41) is 2.80. The fourth-order valence-corrected chi connectivity index (χ4v) is 3.40. The van der Waals surface area contributed by atoms with Crippen molar-refractivity contribution in [2.45, 2.75) is 25.9 Å². The van der Waals surface area contributed by atoms with Gasteiger partial charge in [-0.2, -0.15) is 0 Å². The minimum Gasteiger partial charge on any atom is -0.468 e. The molecule has 0 fully saturated rings. The molecule has 7 nitrogen and oxygen atoms in total. The first-order chi connectivity index (χ1) is 14.0. The Labute approximate surface area is 169 Å². The van der Waals surface area contributed by atoms with Gasteiger partial charge in [-0.3, -0.25) is 14.5 Å². The summed E-state index contributed by atoms with van der Waals surface area (Å²) in [5.74, 6) is -1.01. The van der Waals surface area contributed by atoms with Crippen molar-refractivity contribution in [2.24, 2.45) is 0 Å². The van der Waals surface area contributed by atoms with Gasteiger partial charge in [-0.15, -0.1) is 0 Å². The highest BCUT2D eigenvalue weighted by Gasteiger charge is 2.33. The molecule has 0 unspecified atom stereocenters. The molecular weight excluding hydrogens is 372 g/mol. The van der Waals surface area contributed by atoms with Gasteiger partial charge < -0.3 is 14.8 Å². The maximum Gasteiger partial charge on any atom is 0.338 e. The Morgan fingerprint density at radius 1 is 1.07 bits per heavy atom. The molecule has 152 valence electrons. The Hall–Kier alpha value is -3.19. The van der Waals surface area contributed by atoms with E-state index in [-0.39, 0.29) is 18.4 Å². The van der Waals surface area contributed by atoms with Crippen molar-refractivity contribution < 1.29 is 23.9 Å². The number of carbonyl (C=O) groups is 3. The van der Waals surface area contributed by atoms with Gasteiger partial charge in [0.25, 0.3) is 0 Å². The molecular formula is C22H24N2O5. The standard InChI is InChI=1S/C22H24N2O5/c1-3-29-21(26)15-8-10-18(11-9-15)23-20(25)14-24-13-17-7-5-4-6-16(17)12-19(24)22(27)28-2/h4-11,19H,3,12-14H2,1-2H3,(H,23,25)/t19-/m0/s1. The number of nitrogens with one attached hydrogen (secondary N) is 1. The number of hydrogen-bond donors (Lipinski definition) is 1. The van der Waals surface area contributed by atoms with Crippen molar-refractivity contribution in [3.8, 4) is 0 Å². The van der Waals surface area contributed by atoms with Crippen molar-refractivity contribution >= 4 is 23.5 Å². The van der Waals surface area contributed by atoms with Gasteiger partial charge in [-0.25, -0.2) is 4.79 Å². The number of carbonyl (C=O) groups excluding carboxylic acids is 3. The van der Waals surface area contributed by atoms with E-state index in [1.165, 1.54) is 7.11 Å². The molecule has 1 aliphatic rings. The molecule has 2 aromatic rings. The highest BCUT2D eigenvalue weighted by atomic mass is 16.5. The van der Waals surface area contributed by atoms with Crippen LogP contribution in [-0.2, 0) is 32.0 Å². The van der Waals surface area contributed by atoms with E-state index in [4.69, 9.17) is 9.47 Å². The number of esters is 2. The molecule has 2 aromatic carbocycles. The Kier molecular flexibility index (Phi) is 6.61. The molecule has 3 rings (SSSR count). The lowest BCUT2D eigenvalue weighted by molar-refractivity contribution is -0.148. The minimum absolute atomic E-state index is 0.0493. The lowest BCUT2D eigenvalue weighted by Gasteiger charge is -2.34. The number of anilines is 1. The van der Waals surface area contributed by atoms with Gasteiger partial charge in [0, 0.05) is 12.2 Å². The minimum atomic E-state index is -0.508. The van der Waals surface area contributed by atoms with Crippen molar-refractivity contribution in [1.82, 2.24) is 4.90 Å². The normalized spacial score (nSPS) is 15.9. The smallest absolute Gasteiger partial charge is 0.338 e. The zero-order valence-corrected chi connectivity index (χ0v) is 16.5. The quantitative estimate of drug-likeness (QED) is 0.755. The highest BCUT2D eigenvalue weighted by molar-refractivity contribution is 5.94. The predicted octanol–water partition coefficient (Wildman–Crippen LogP) is 2.40. The van der Waals surface area contributed by atoms with Gasteiger partial charge in [-0.05, 0) is 48.7 Å². The van der Waals surface area contributed by atoms with Gasteiger partial charge in [0.1, 0.15) is 6.04 Å². The molecule has 1 atom stereocenters. The summed E-state index contributed by atoms with van der Waals surface area (Å²) in [6.07, 6.45) is 0.504. The van der Waals surface area contributed by atoms with Crippen LogP contribution >= 0.6 is 0 Å². The van der Waals surface area contributed by atoms with Gasteiger partial charge in [0.15, 0.2) is 0 Å². The summed E-state index contributed by atoms with van der Waals surface area (Å²) >= 11 is 0. The van der Waals surface area contributed by atoms with Gasteiger partial charge in [0.2, 0.25) is 5.91 Å². The predicted molar refractivity (Wildman–Crippen MR) is 107 cm³/mol. The maximum atomic E-state index is 12.6. The van der Waals surface area contributed by atoms with E-state index in [9.17, 15) is 14.4 Å². The van der Waals surface area contributed by atoms with E-state index in [2.05, 4.69) is 5.32 Å². The van der Waals surface area contributed by atoms with E-state index < -0.39 is 12.0 Å². The molecule has 0 bridgehead atoms. The van der Waals surface area contributed by atoms with Gasteiger partial charge in [-0.1, -0.05) is 24.3 Å². The first-order valence-corrected chi connectivity index (χ1v) is 9.47. The van der Waals surface area contributed by atoms with E-state index >= 15 is 0 Å². The zero-order chi connectivity index (χ0) is 20.8. The van der Waals surface area contributed by atoms with Crippen LogP contribution in [0.25, 0.3) is 0 Å². The molecule has 0 aromatic heterocycles. The lowest BCUT2D eigenvalue weighted by Crippen LogP contribution is -2.49. The monoisotopic (exact) mass is 396 g/mol. The van der Waals surface area contributed by atoms with Crippen LogP contribution in [0.5, 0.6) is 0 Å². The second-order valence-electron chi connectivity index (χ2n) is 6.76. The average molecular weight is 396 g/mol. The Morgan fingerprint density at radius 2 is 1.76 bits per heavy atom. The van der Waals surface area contributed by atoms with Gasteiger partial charge in [0.05, 0.1) is 25.8 Å². The Balaban J connectivity index is 1.67. The Bertz CT molecular complexity index is 894. The van der Waals surface area contributed by atoms with Crippen LogP contribution in [0.2, 0.25) is 0 Å². The number of ether oxygens (including phenoxy) is 2. The lowest BCUT2D eigenvalue weighted by atomic mass is 9.94. The van der Waals surface area contributed by atoms with Crippen LogP contribution in [0, 0.1) is 0 Å². The fraction of sp³-hybridized carbons (Fsp3) is 0.318. The number of amides is 1. The number of hydrogen-bond acceptors (Lipinski definition) is 6. The third-order valence-corrected chi connectivity index (χ3v) is 4.85. The first kappa shape index (κ1) is 20.5. The van der Waals surface area contributed by atoms with Crippen LogP contribution in [0.4, 0.5) is 5.69 Å². The molecule has 1 N–H and O–H groups in total. The molecule has 0 saturated carbocycles. The zero-order valence-electron chi connectivity index (χ0n) is 16.5. The first-order valence-electron chi connectivity index (χ1n) is 9.47. The molecule has 1 aliphatic heterocycles. The fourth-order valence-electron chi connectivity index (χ4n) is 3.40. The Morgan fingerprint density at radius 3 is 2.41 bits per heavy atom. The van der Waals surface area contributed by atoms with E-state index in [0.717, 1.165) is 11.1 Å². The number of nitrogens with zero attached hydrogens (tertiary/aromatic N) is 1. The topological polar surface area (TPSA) is 84.9 Å². The van der Waals surface area contributed by atoms with E-state index in [1.807, 2.05) is 29.2 Å². The van der Waals surface area contributed by atoms with Crippen molar-refractivity contribution in [3.05, 3.63) is 65.2 Å². The van der Waals surface area contributed by atoms with Crippen LogP contribution in [0.15, 0.2) is 48.5 Å². The molecule has 29 heavy (non-hydrogen) atoms. The SMILES string of the molecule is CCOC(=O)c1ccc(NC(=O)CN2Cc3ccccc3C[C@H]2C(=O)OC)cc1. The second-order valence-corrected chi connectivity index (χ2v) is 6.76. The van der Waals surface area contributed by atoms with Crippen LogP contribution < -0.4 is 5.32 Å². The molecule has 1 amide bonds.